The molecule has 0 saturated carbocycles. The highest BCUT2D eigenvalue weighted by Gasteiger charge is 0.496. The molecule has 80 valence electrons. The normalized spacial score (nSPS) is 2.55. The molecule has 4 N–H and O–H groups in total. The van der Waals surface area contributed by atoms with Crippen molar-refractivity contribution >= 4 is 0 Å². The van der Waals surface area contributed by atoms with Crippen LogP contribution in [0, 0.1) is 22.1 Å². The molecule has 11 heavy (non-hydrogen) atoms. The average molecular weight is 174 g/mol. The Kier molecular flexibility index (Phi) is 7410. The van der Waals surface area contributed by atoms with Crippen LogP contribution in [-0.2, 0) is 0 Å². The van der Waals surface area contributed by atoms with E-state index in [1.54, 1.807) is 0 Å². The topological polar surface area (TPSA) is 95.4 Å². The molecule has 0 spiro atoms. The fourth-order valence-electron chi connectivity index (χ4n) is 0. The lowest BCUT2D eigenvalue weighted by atomic mass is 12.0. The second-order valence-corrected chi connectivity index (χ2v) is 0. The van der Waals surface area contributed by atoms with E-state index in [9.17, 15) is 0 Å². The summed E-state index contributed by atoms with van der Waals surface area (Å²) >= 11 is 0. The molecule has 0 saturated heterocycles. The molecule has 0 aliphatic heterocycles. The van der Waals surface area contributed by atoms with Crippen LogP contribution < -0.4 is 0 Å². The quantitative estimate of drug-likeness (QED) is 0.342. The van der Waals surface area contributed by atoms with Crippen LogP contribution in [0.5, 0.6) is 0 Å². The van der Waals surface area contributed by atoms with E-state index in [0.717, 1.165) is 0 Å². The third-order valence-electron chi connectivity index (χ3n) is 0. The van der Waals surface area contributed by atoms with E-state index < -0.39 is 0 Å². The van der Waals surface area contributed by atoms with Gasteiger partial charge in [-0.25, -0.2) is 22.1 Å². The first-order valence-corrected chi connectivity index (χ1v) is 0.447. The monoisotopic (exact) mass is 174 g/mol. The van der Waals surface area contributed by atoms with Crippen LogP contribution in [-0.4, -0.2) is 0 Å². The lowest BCUT2D eigenvalue weighted by Gasteiger charge is -0.920. The number of nitrogens with one attached hydrogen (secondary N) is 4. The highest BCUT2D eigenvalue weighted by molar-refractivity contribution is 2.51. The van der Waals surface area contributed by atoms with Crippen LogP contribution in [0.1, 0.15) is 52.0 Å². The molecule has 0 aliphatic rings. The average Bonchev–Trinajstić information content (AvgIpc) is 1.39. The number of hydrogen-bond acceptors (Lipinski definition) is 4. The van der Waals surface area contributed by atoms with Crippen molar-refractivity contribution in [2.75, 3.05) is 0 Å². The summed E-state index contributed by atoms with van der Waals surface area (Å²) in [6, 6.07) is 0. The van der Waals surface area contributed by atoms with Crippen LogP contribution in [0.3, 0.4) is 0 Å². The molecular weight excluding hydrogens is 140 g/mol. The van der Waals surface area contributed by atoms with Crippen molar-refractivity contribution in [3.63, 3.8) is 0 Å². The fourth-order valence-corrected chi connectivity index (χ4v) is 0. The van der Waals surface area contributed by atoms with Crippen LogP contribution >= 0.6 is 0 Å². The predicted molar refractivity (Wildman–Crippen MR) is 58.0 cm³/mol. The first kappa shape index (κ1) is 84.3. The molecule has 0 aliphatic carbocycles. The van der Waals surface area contributed by atoms with Crippen molar-refractivity contribution in [2.24, 2.45) is 0 Å². The van der Waals surface area contributed by atoms with Gasteiger partial charge >= 0.3 is 0 Å². The first-order valence-electron chi connectivity index (χ1n) is 1.34. The maximum Gasteiger partial charge on any atom is 0.213 e. The van der Waals surface area contributed by atoms with Crippen molar-refractivity contribution in [1.82, 2.24) is 0 Å². The standard InChI is InChI=1S/7CH4.2H2N2/c;;;;;;;2*1-2/h7*1H4;2*1-2H/i/hD2. The van der Waals surface area contributed by atoms with Gasteiger partial charge in [-0.05, 0) is 0 Å². The Morgan fingerprint density at radius 3 is 0.545 bits per heavy atom. The van der Waals surface area contributed by atoms with Gasteiger partial charge in [-0.3, -0.25) is 0 Å². The minimum Gasteiger partial charge on any atom is -0.213 e. The lowest BCUT2D eigenvalue weighted by Crippen LogP contribution is -0.623. The molecule has 4 nitrogen and oxygen atoms in total. The Labute approximate surface area is 78.0 Å². The lowest BCUT2D eigenvalue weighted by molar-refractivity contribution is 1.05. The van der Waals surface area contributed by atoms with Gasteiger partial charge in [0.05, 0.1) is 0 Å². The van der Waals surface area contributed by atoms with Crippen molar-refractivity contribution < 1.29 is 2.82 Å². The summed E-state index contributed by atoms with van der Waals surface area (Å²) in [5, 5.41) is 0. The second kappa shape index (κ2) is 967. The highest BCUT2D eigenvalue weighted by atomic mass is 14.7. The molecule has 0 bridgehead atoms. The van der Waals surface area contributed by atoms with Gasteiger partial charge in [-0.1, -0.05) is 52.0 Å². The van der Waals surface area contributed by atoms with Crippen LogP contribution in [0.4, 0.5) is 0 Å². The molecule has 0 fully saturated rings. The van der Waals surface area contributed by atoms with Gasteiger partial charge in [0.1, 0.15) is 0 Å². The van der Waals surface area contributed by atoms with Crippen molar-refractivity contribution in [2.45, 2.75) is 52.0 Å². The van der Waals surface area contributed by atoms with Gasteiger partial charge in [0.25, 0.3) is 0 Å². The maximum atomic E-state index is 5.50. The summed E-state index contributed by atoms with van der Waals surface area (Å²) < 4.78 is 11.0. The molecule has 0 amide bonds. The molecular formula is C7H32N4. The van der Waals surface area contributed by atoms with Crippen LogP contribution in [0.15, 0.2) is 0 Å². The summed E-state index contributed by atoms with van der Waals surface area (Å²) in [4.78, 5) is 0. The predicted octanol–water partition coefficient (Wildman–Crippen LogP) is 5.64. The third kappa shape index (κ3) is 745. The van der Waals surface area contributed by atoms with E-state index in [1.807, 2.05) is 11.0 Å². The van der Waals surface area contributed by atoms with Gasteiger partial charge in [0, 0.05) is 0 Å². The zero-order valence-electron chi connectivity index (χ0n) is 3.89. The third-order valence-corrected chi connectivity index (χ3v) is 0. The highest BCUT2D eigenvalue weighted by Crippen LogP contribution is 0.793. The summed E-state index contributed by atoms with van der Waals surface area (Å²) in [5.41, 5.74) is 15.0. The molecule has 0 radical (unpaired) electrons. The molecule has 0 unspecified atom stereocenters. The Hall–Kier alpha value is -0.800. The van der Waals surface area contributed by atoms with E-state index in [0.29, 0.717) is 0 Å². The van der Waals surface area contributed by atoms with Gasteiger partial charge < -0.3 is 0 Å². The summed E-state index contributed by atoms with van der Waals surface area (Å²) in [5.74, 6) is 0. The van der Waals surface area contributed by atoms with Crippen molar-refractivity contribution in [1.29, 1.82) is 22.1 Å². The Balaban J connectivity index is -0.00000000229. The first-order chi connectivity index (χ1) is 2.83. The molecule has 0 aromatic heterocycles. The van der Waals surface area contributed by atoms with E-state index in [2.05, 4.69) is 0 Å². The van der Waals surface area contributed by atoms with Gasteiger partial charge in [-0.15, -0.1) is 0 Å². The van der Waals surface area contributed by atoms with E-state index in [-0.39, 0.29) is 52.0 Å². The maximum absolute atomic E-state index is 5.50. The molecule has 0 atom stereocenters. The van der Waals surface area contributed by atoms with E-state index in [4.69, 9.17) is 13.9 Å². The van der Waals surface area contributed by atoms with Crippen LogP contribution in [0.2, 0.25) is 2.82 Å². The Morgan fingerprint density at radius 2 is 0.545 bits per heavy atom. The number of rotatable bonds is 0. The van der Waals surface area contributed by atoms with Crippen LogP contribution in [0.25, 0.3) is 0 Å². The summed E-state index contributed by atoms with van der Waals surface area (Å²) in [7, 11) is 0. The molecule has 0 heterocycles. The largest absolute Gasteiger partial charge is 0.213 e. The molecule has 0 aromatic carbocycles. The smallest absolute Gasteiger partial charge is 0.213 e. The van der Waals surface area contributed by atoms with Gasteiger partial charge in [-0.2, -0.15) is 0 Å². The number of hydrogen-bond donors (Lipinski definition) is 4. The zero-order valence-corrected chi connectivity index (χ0v) is 1.89. The fraction of sp³-hybridized carbons (Fsp3) is 1.00. The summed E-state index contributed by atoms with van der Waals surface area (Å²) in [6.07, 6.45) is 0. The van der Waals surface area contributed by atoms with E-state index >= 15 is 0 Å². The SMILES string of the molecule is C.C.C.C.C.C.C.[2H]N=N.[2H]N=N. The minimum absolute atomic E-state index is 0. The Bertz CT molecular complexity index is 39.5. The molecule has 0 rings (SSSR count). The Morgan fingerprint density at radius 1 is 0.545 bits per heavy atom. The van der Waals surface area contributed by atoms with Crippen molar-refractivity contribution in [3.05, 3.63) is 0 Å². The van der Waals surface area contributed by atoms with Crippen molar-refractivity contribution in [3.8, 4) is 0 Å². The van der Waals surface area contributed by atoms with Gasteiger partial charge in [0.15, 0.2) is 0 Å². The second-order valence-electron chi connectivity index (χ2n) is 0. The molecule has 4 heteroatoms. The van der Waals surface area contributed by atoms with E-state index in [1.165, 1.54) is 0 Å². The molecule has 0 aromatic rings. The summed E-state index contributed by atoms with van der Waals surface area (Å²) in [6.45, 7) is 0. The zero-order chi connectivity index (χ0) is 5.41. The van der Waals surface area contributed by atoms with Gasteiger partial charge in [0.2, 0.25) is 2.82 Å². The minimum atomic E-state index is 0.